The quantitative estimate of drug-likeness (QED) is 0.897. The average Bonchev–Trinajstić information content (AvgIpc) is 3.14. The normalized spacial score (nSPS) is 25.5. The van der Waals surface area contributed by atoms with Crippen LogP contribution in [0.1, 0.15) is 17.7 Å². The van der Waals surface area contributed by atoms with E-state index in [1.165, 1.54) is 22.2 Å². The molecule has 1 N–H and O–H groups in total. The van der Waals surface area contributed by atoms with E-state index in [1.54, 1.807) is 11.3 Å². The summed E-state index contributed by atoms with van der Waals surface area (Å²) in [5, 5.41) is 5.63. The molecule has 1 saturated carbocycles. The van der Waals surface area contributed by atoms with E-state index in [1.807, 2.05) is 0 Å². The van der Waals surface area contributed by atoms with E-state index in [0.717, 1.165) is 38.8 Å². The summed E-state index contributed by atoms with van der Waals surface area (Å²) in [7, 11) is 0. The molecule has 1 aromatic rings. The maximum atomic E-state index is 5.82. The Balaban J connectivity index is 1.39. The topological polar surface area (TPSA) is 24.5 Å². The first kappa shape index (κ1) is 13.1. The van der Waals surface area contributed by atoms with Crippen LogP contribution in [0.3, 0.4) is 0 Å². The third-order valence-corrected chi connectivity index (χ3v) is 5.22. The molecule has 0 radical (unpaired) electrons. The van der Waals surface area contributed by atoms with Gasteiger partial charge in [0.25, 0.3) is 0 Å². The Kier molecular flexibility index (Phi) is 4.36. The summed E-state index contributed by atoms with van der Waals surface area (Å²) in [4.78, 5) is 3.97. The van der Waals surface area contributed by atoms with Crippen molar-refractivity contribution in [3.05, 3.63) is 20.8 Å². The minimum absolute atomic E-state index is 0.364. The third-order valence-electron chi connectivity index (χ3n) is 3.53. The van der Waals surface area contributed by atoms with Crippen LogP contribution in [-0.2, 0) is 11.3 Å². The number of halogens is 1. The lowest BCUT2D eigenvalue weighted by Gasteiger charge is -2.33. The van der Waals surface area contributed by atoms with Gasteiger partial charge in [-0.3, -0.25) is 4.90 Å². The van der Waals surface area contributed by atoms with Gasteiger partial charge in [0, 0.05) is 47.0 Å². The summed E-state index contributed by atoms with van der Waals surface area (Å²) in [5.41, 5.74) is 0. The molecule has 18 heavy (non-hydrogen) atoms. The highest BCUT2D eigenvalue weighted by Gasteiger charge is 2.32. The van der Waals surface area contributed by atoms with Crippen molar-refractivity contribution < 1.29 is 4.74 Å². The summed E-state index contributed by atoms with van der Waals surface area (Å²) >= 11 is 5.27. The maximum Gasteiger partial charge on any atom is 0.0826 e. The van der Waals surface area contributed by atoms with Gasteiger partial charge < -0.3 is 10.1 Å². The molecule has 0 aromatic carbocycles. The first-order valence-corrected chi connectivity index (χ1v) is 8.28. The van der Waals surface area contributed by atoms with E-state index in [2.05, 4.69) is 37.6 Å². The highest BCUT2D eigenvalue weighted by atomic mass is 79.9. The van der Waals surface area contributed by atoms with Crippen LogP contribution in [-0.4, -0.2) is 43.3 Å². The van der Waals surface area contributed by atoms with Crippen LogP contribution in [0.25, 0.3) is 0 Å². The maximum absolute atomic E-state index is 5.82. The number of nitrogens with one attached hydrogen (secondary N) is 1. The standard InChI is InChI=1S/C13H19BrN2OS/c14-10-5-13(18-9-10)7-15-6-12-8-16(3-4-17-12)11-1-2-11/h5,9,11-12,15H,1-4,6-8H2/t12-/m1/s1. The molecule has 100 valence electrons. The molecule has 1 atom stereocenters. The minimum Gasteiger partial charge on any atom is -0.374 e. The smallest absolute Gasteiger partial charge is 0.0826 e. The fourth-order valence-electron chi connectivity index (χ4n) is 2.44. The van der Waals surface area contributed by atoms with Crippen molar-refractivity contribution in [2.24, 2.45) is 0 Å². The molecule has 3 rings (SSSR count). The molecule has 1 aliphatic carbocycles. The highest BCUT2D eigenvalue weighted by molar-refractivity contribution is 9.10. The van der Waals surface area contributed by atoms with Crippen LogP contribution in [0.2, 0.25) is 0 Å². The SMILES string of the molecule is Brc1csc(CNC[C@@H]2CN(C3CC3)CCO2)c1. The molecule has 1 saturated heterocycles. The van der Waals surface area contributed by atoms with Gasteiger partial charge >= 0.3 is 0 Å². The van der Waals surface area contributed by atoms with Gasteiger partial charge in [0.15, 0.2) is 0 Å². The molecule has 2 aliphatic rings. The van der Waals surface area contributed by atoms with E-state index in [0.29, 0.717) is 6.10 Å². The van der Waals surface area contributed by atoms with Crippen LogP contribution >= 0.6 is 27.3 Å². The summed E-state index contributed by atoms with van der Waals surface area (Å²) < 4.78 is 7.00. The fraction of sp³-hybridized carbons (Fsp3) is 0.692. The molecule has 0 unspecified atom stereocenters. The first-order valence-electron chi connectivity index (χ1n) is 6.60. The van der Waals surface area contributed by atoms with Crippen LogP contribution in [0.5, 0.6) is 0 Å². The zero-order chi connectivity index (χ0) is 12.4. The van der Waals surface area contributed by atoms with Crippen molar-refractivity contribution in [3.63, 3.8) is 0 Å². The molecular weight excluding hydrogens is 312 g/mol. The zero-order valence-corrected chi connectivity index (χ0v) is 12.8. The second-order valence-electron chi connectivity index (χ2n) is 5.08. The Morgan fingerprint density at radius 1 is 1.50 bits per heavy atom. The molecule has 0 spiro atoms. The lowest BCUT2D eigenvalue weighted by molar-refractivity contribution is -0.0301. The van der Waals surface area contributed by atoms with E-state index < -0.39 is 0 Å². The zero-order valence-electron chi connectivity index (χ0n) is 10.4. The number of morpholine rings is 1. The van der Waals surface area contributed by atoms with E-state index in [9.17, 15) is 0 Å². The summed E-state index contributed by atoms with van der Waals surface area (Å²) in [6, 6.07) is 3.04. The molecule has 0 bridgehead atoms. The molecular formula is C13H19BrN2OS. The van der Waals surface area contributed by atoms with E-state index in [4.69, 9.17) is 4.74 Å². The van der Waals surface area contributed by atoms with Gasteiger partial charge in [-0.15, -0.1) is 11.3 Å². The Morgan fingerprint density at radius 2 is 2.39 bits per heavy atom. The van der Waals surface area contributed by atoms with E-state index in [-0.39, 0.29) is 0 Å². The van der Waals surface area contributed by atoms with Crippen molar-refractivity contribution in [2.75, 3.05) is 26.2 Å². The molecule has 3 nitrogen and oxygen atoms in total. The molecule has 1 aromatic heterocycles. The van der Waals surface area contributed by atoms with Crippen LogP contribution in [0, 0.1) is 0 Å². The van der Waals surface area contributed by atoms with Crippen molar-refractivity contribution in [1.82, 2.24) is 10.2 Å². The molecule has 5 heteroatoms. The molecule has 2 heterocycles. The van der Waals surface area contributed by atoms with E-state index >= 15 is 0 Å². The lowest BCUT2D eigenvalue weighted by atomic mass is 10.2. The monoisotopic (exact) mass is 330 g/mol. The van der Waals surface area contributed by atoms with Gasteiger partial charge in [-0.2, -0.15) is 0 Å². The Hall–Kier alpha value is 0.0600. The third kappa shape index (κ3) is 3.54. The van der Waals surface area contributed by atoms with Crippen molar-refractivity contribution >= 4 is 27.3 Å². The van der Waals surface area contributed by atoms with Gasteiger partial charge in [-0.05, 0) is 34.8 Å². The average molecular weight is 331 g/mol. The Labute approximate surface area is 121 Å². The number of nitrogens with zero attached hydrogens (tertiary/aromatic N) is 1. The number of hydrogen-bond acceptors (Lipinski definition) is 4. The summed E-state index contributed by atoms with van der Waals surface area (Å²) in [6.07, 6.45) is 3.15. The van der Waals surface area contributed by atoms with Gasteiger partial charge in [0.2, 0.25) is 0 Å². The molecule has 2 fully saturated rings. The predicted octanol–water partition coefficient (Wildman–Crippen LogP) is 2.46. The molecule has 1 aliphatic heterocycles. The van der Waals surface area contributed by atoms with Crippen LogP contribution in [0.4, 0.5) is 0 Å². The lowest BCUT2D eigenvalue weighted by Crippen LogP contribution is -2.47. The van der Waals surface area contributed by atoms with Gasteiger partial charge in [0.05, 0.1) is 12.7 Å². The number of thiophene rings is 1. The van der Waals surface area contributed by atoms with Crippen LogP contribution in [0.15, 0.2) is 15.9 Å². The first-order chi connectivity index (χ1) is 8.81. The number of ether oxygens (including phenoxy) is 1. The molecule has 0 amide bonds. The van der Waals surface area contributed by atoms with Crippen molar-refractivity contribution in [3.8, 4) is 0 Å². The Morgan fingerprint density at radius 3 is 3.11 bits per heavy atom. The highest BCUT2D eigenvalue weighted by Crippen LogP contribution is 2.28. The van der Waals surface area contributed by atoms with Crippen LogP contribution < -0.4 is 5.32 Å². The van der Waals surface area contributed by atoms with Gasteiger partial charge in [0.1, 0.15) is 0 Å². The minimum atomic E-state index is 0.364. The van der Waals surface area contributed by atoms with Crippen molar-refractivity contribution in [1.29, 1.82) is 0 Å². The predicted molar refractivity (Wildman–Crippen MR) is 78.1 cm³/mol. The van der Waals surface area contributed by atoms with Gasteiger partial charge in [-0.1, -0.05) is 0 Å². The second-order valence-corrected chi connectivity index (χ2v) is 6.99. The van der Waals surface area contributed by atoms with Crippen molar-refractivity contribution in [2.45, 2.75) is 31.5 Å². The number of rotatable bonds is 5. The largest absolute Gasteiger partial charge is 0.374 e. The second kappa shape index (κ2) is 6.01. The van der Waals surface area contributed by atoms with Gasteiger partial charge in [-0.25, -0.2) is 0 Å². The summed E-state index contributed by atoms with van der Waals surface area (Å²) in [5.74, 6) is 0. The fourth-order valence-corrected chi connectivity index (χ4v) is 3.86. The Bertz CT molecular complexity index is 394. The summed E-state index contributed by atoms with van der Waals surface area (Å²) in [6.45, 7) is 5.02. The number of hydrogen-bond donors (Lipinski definition) is 1.